The van der Waals surface area contributed by atoms with Crippen molar-refractivity contribution in [3.8, 4) is 11.5 Å². The number of anilines is 1. The molecule has 0 heterocycles. The van der Waals surface area contributed by atoms with Crippen molar-refractivity contribution in [2.45, 2.75) is 18.4 Å². The van der Waals surface area contributed by atoms with Crippen molar-refractivity contribution in [3.63, 3.8) is 0 Å². The SMILES string of the molecule is COc1ccc(NC(N)=N[C@@H]2C[C@H]2c2cccc(F)c2)cc1OC. The van der Waals surface area contributed by atoms with Crippen LogP contribution in [-0.4, -0.2) is 26.2 Å². The maximum Gasteiger partial charge on any atom is 0.193 e. The number of nitrogens with zero attached hydrogens (tertiary/aromatic N) is 1. The molecule has 0 aromatic heterocycles. The number of methoxy groups -OCH3 is 2. The number of hydrogen-bond acceptors (Lipinski definition) is 3. The minimum atomic E-state index is -0.224. The molecule has 0 saturated heterocycles. The Balaban J connectivity index is 1.65. The zero-order valence-electron chi connectivity index (χ0n) is 13.6. The Labute approximate surface area is 140 Å². The Hall–Kier alpha value is -2.76. The first-order valence-corrected chi connectivity index (χ1v) is 7.68. The number of hydrogen-bond donors (Lipinski definition) is 2. The van der Waals surface area contributed by atoms with E-state index in [2.05, 4.69) is 10.3 Å². The van der Waals surface area contributed by atoms with Gasteiger partial charge in [0.1, 0.15) is 5.82 Å². The first kappa shape index (κ1) is 16.1. The molecule has 1 aliphatic rings. The fourth-order valence-electron chi connectivity index (χ4n) is 2.69. The molecule has 0 aliphatic heterocycles. The van der Waals surface area contributed by atoms with E-state index < -0.39 is 0 Å². The molecule has 6 heteroatoms. The summed E-state index contributed by atoms with van der Waals surface area (Å²) in [5.74, 6) is 1.59. The molecule has 126 valence electrons. The van der Waals surface area contributed by atoms with Gasteiger partial charge < -0.3 is 20.5 Å². The Bertz CT molecular complexity index is 764. The lowest BCUT2D eigenvalue weighted by molar-refractivity contribution is 0.355. The lowest BCUT2D eigenvalue weighted by Crippen LogP contribution is -2.23. The third-order valence-corrected chi connectivity index (χ3v) is 3.99. The smallest absolute Gasteiger partial charge is 0.193 e. The van der Waals surface area contributed by atoms with Gasteiger partial charge in [-0.15, -0.1) is 0 Å². The summed E-state index contributed by atoms with van der Waals surface area (Å²) >= 11 is 0. The third kappa shape index (κ3) is 3.59. The van der Waals surface area contributed by atoms with Crippen LogP contribution >= 0.6 is 0 Å². The predicted octanol–water partition coefficient (Wildman–Crippen LogP) is 3.13. The molecule has 1 saturated carbocycles. The maximum absolute atomic E-state index is 13.3. The van der Waals surface area contributed by atoms with Crippen molar-refractivity contribution >= 4 is 11.6 Å². The van der Waals surface area contributed by atoms with Gasteiger partial charge >= 0.3 is 0 Å². The zero-order valence-corrected chi connectivity index (χ0v) is 13.6. The van der Waals surface area contributed by atoms with E-state index in [-0.39, 0.29) is 17.8 Å². The van der Waals surface area contributed by atoms with Gasteiger partial charge in [0.2, 0.25) is 0 Å². The van der Waals surface area contributed by atoms with Gasteiger partial charge in [-0.25, -0.2) is 9.38 Å². The minimum absolute atomic E-state index is 0.0828. The maximum atomic E-state index is 13.3. The van der Waals surface area contributed by atoms with Crippen molar-refractivity contribution in [2.75, 3.05) is 19.5 Å². The van der Waals surface area contributed by atoms with Gasteiger partial charge in [0, 0.05) is 17.7 Å². The Morgan fingerprint density at radius 3 is 2.67 bits per heavy atom. The second-order valence-corrected chi connectivity index (χ2v) is 5.67. The van der Waals surface area contributed by atoms with Crippen molar-refractivity contribution in [2.24, 2.45) is 10.7 Å². The zero-order chi connectivity index (χ0) is 17.1. The van der Waals surface area contributed by atoms with Crippen molar-refractivity contribution in [1.82, 2.24) is 0 Å². The topological polar surface area (TPSA) is 68.9 Å². The second kappa shape index (κ2) is 6.78. The molecule has 0 bridgehead atoms. The quantitative estimate of drug-likeness (QED) is 0.653. The van der Waals surface area contributed by atoms with Crippen LogP contribution in [0.1, 0.15) is 17.9 Å². The van der Waals surface area contributed by atoms with E-state index in [0.29, 0.717) is 17.5 Å². The van der Waals surface area contributed by atoms with E-state index in [4.69, 9.17) is 15.2 Å². The van der Waals surface area contributed by atoms with Gasteiger partial charge in [0.15, 0.2) is 17.5 Å². The Morgan fingerprint density at radius 1 is 1.17 bits per heavy atom. The van der Waals surface area contributed by atoms with Gasteiger partial charge in [-0.1, -0.05) is 12.1 Å². The van der Waals surface area contributed by atoms with Crippen LogP contribution in [0.2, 0.25) is 0 Å². The summed E-state index contributed by atoms with van der Waals surface area (Å²) in [6, 6.07) is 12.1. The standard InChI is InChI=1S/C18H20FN3O2/c1-23-16-7-6-13(9-17(16)24-2)21-18(20)22-15-10-14(15)11-4-3-5-12(19)8-11/h3-9,14-15H,10H2,1-2H3,(H3,20,21,22)/t14-,15+/m0/s1. The van der Waals surface area contributed by atoms with E-state index in [1.807, 2.05) is 12.1 Å². The number of rotatable bonds is 5. The molecule has 0 spiro atoms. The van der Waals surface area contributed by atoms with Gasteiger partial charge in [-0.2, -0.15) is 0 Å². The number of guanidine groups is 1. The Kier molecular flexibility index (Phi) is 4.55. The molecule has 2 aromatic carbocycles. The molecule has 2 atom stereocenters. The average Bonchev–Trinajstić information content (AvgIpc) is 3.33. The molecule has 5 nitrogen and oxygen atoms in total. The van der Waals surface area contributed by atoms with Gasteiger partial charge in [-0.3, -0.25) is 0 Å². The van der Waals surface area contributed by atoms with Crippen LogP contribution in [0.4, 0.5) is 10.1 Å². The summed E-state index contributed by atoms with van der Waals surface area (Å²) in [5, 5.41) is 3.04. The molecule has 3 N–H and O–H groups in total. The van der Waals surface area contributed by atoms with Gasteiger partial charge in [0.05, 0.1) is 20.3 Å². The lowest BCUT2D eigenvalue weighted by atomic mass is 10.1. The minimum Gasteiger partial charge on any atom is -0.493 e. The highest BCUT2D eigenvalue weighted by Gasteiger charge is 2.38. The molecule has 0 amide bonds. The molecule has 3 rings (SSSR count). The summed E-state index contributed by atoms with van der Waals surface area (Å²) in [6.07, 6.45) is 0.873. The molecular weight excluding hydrogens is 309 g/mol. The average molecular weight is 329 g/mol. The van der Waals surface area contributed by atoms with Crippen LogP contribution in [0.15, 0.2) is 47.5 Å². The van der Waals surface area contributed by atoms with Crippen LogP contribution in [0.3, 0.4) is 0 Å². The number of ether oxygens (including phenoxy) is 2. The van der Waals surface area contributed by atoms with Gasteiger partial charge in [-0.05, 0) is 36.2 Å². The first-order chi connectivity index (χ1) is 11.6. The lowest BCUT2D eigenvalue weighted by Gasteiger charge is -2.11. The van der Waals surface area contributed by atoms with Crippen LogP contribution in [0, 0.1) is 5.82 Å². The van der Waals surface area contributed by atoms with Crippen LogP contribution < -0.4 is 20.5 Å². The van der Waals surface area contributed by atoms with Crippen molar-refractivity contribution < 1.29 is 13.9 Å². The highest BCUT2D eigenvalue weighted by atomic mass is 19.1. The van der Waals surface area contributed by atoms with E-state index in [1.54, 1.807) is 38.5 Å². The van der Waals surface area contributed by atoms with Gasteiger partial charge in [0.25, 0.3) is 0 Å². The molecule has 0 unspecified atom stereocenters. The molecular formula is C18H20FN3O2. The largest absolute Gasteiger partial charge is 0.493 e. The van der Waals surface area contributed by atoms with Crippen LogP contribution in [-0.2, 0) is 0 Å². The number of benzene rings is 2. The summed E-state index contributed by atoms with van der Waals surface area (Å²) in [7, 11) is 3.16. The Morgan fingerprint density at radius 2 is 1.96 bits per heavy atom. The van der Waals surface area contributed by atoms with Crippen molar-refractivity contribution in [3.05, 3.63) is 53.8 Å². The van der Waals surface area contributed by atoms with E-state index in [0.717, 1.165) is 17.7 Å². The van der Waals surface area contributed by atoms with Crippen LogP contribution in [0.25, 0.3) is 0 Å². The normalized spacial score (nSPS) is 19.7. The predicted molar refractivity (Wildman–Crippen MR) is 92.3 cm³/mol. The second-order valence-electron chi connectivity index (χ2n) is 5.67. The van der Waals surface area contributed by atoms with Crippen molar-refractivity contribution in [1.29, 1.82) is 0 Å². The monoisotopic (exact) mass is 329 g/mol. The molecule has 0 radical (unpaired) electrons. The fourth-order valence-corrected chi connectivity index (χ4v) is 2.69. The van der Waals surface area contributed by atoms with E-state index in [9.17, 15) is 4.39 Å². The molecule has 2 aromatic rings. The molecule has 1 fully saturated rings. The van der Waals surface area contributed by atoms with E-state index in [1.165, 1.54) is 6.07 Å². The fraction of sp³-hybridized carbons (Fsp3) is 0.278. The summed E-state index contributed by atoms with van der Waals surface area (Å²) < 4.78 is 23.7. The third-order valence-electron chi connectivity index (χ3n) is 3.99. The number of aliphatic imine (C=N–C) groups is 1. The number of nitrogens with one attached hydrogen (secondary N) is 1. The number of halogens is 1. The number of nitrogens with two attached hydrogens (primary N) is 1. The summed E-state index contributed by atoms with van der Waals surface area (Å²) in [4.78, 5) is 4.46. The highest BCUT2D eigenvalue weighted by Crippen LogP contribution is 2.43. The summed E-state index contributed by atoms with van der Waals surface area (Å²) in [6.45, 7) is 0. The first-order valence-electron chi connectivity index (χ1n) is 7.68. The molecule has 24 heavy (non-hydrogen) atoms. The van der Waals surface area contributed by atoms with E-state index >= 15 is 0 Å². The summed E-state index contributed by atoms with van der Waals surface area (Å²) in [5.41, 5.74) is 7.69. The molecule has 1 aliphatic carbocycles. The highest BCUT2D eigenvalue weighted by molar-refractivity contribution is 5.92. The van der Waals surface area contributed by atoms with Crippen LogP contribution in [0.5, 0.6) is 11.5 Å².